The molecule has 1 aliphatic rings. The summed E-state index contributed by atoms with van der Waals surface area (Å²) in [5, 5.41) is 0. The fourth-order valence-electron chi connectivity index (χ4n) is 2.81. The second kappa shape index (κ2) is 7.38. The van der Waals surface area contributed by atoms with Gasteiger partial charge in [0, 0.05) is 19.2 Å². The second-order valence-corrected chi connectivity index (χ2v) is 5.88. The quantitative estimate of drug-likeness (QED) is 0.756. The van der Waals surface area contributed by atoms with E-state index >= 15 is 0 Å². The van der Waals surface area contributed by atoms with Crippen LogP contribution in [0.4, 0.5) is 5.69 Å². The molecule has 1 atom stereocenters. The third-order valence-corrected chi connectivity index (χ3v) is 3.84. The molecule has 0 radical (unpaired) electrons. The number of esters is 1. The number of hydrogen-bond donors (Lipinski definition) is 0. The van der Waals surface area contributed by atoms with Crippen LogP contribution in [0.25, 0.3) is 0 Å². The van der Waals surface area contributed by atoms with E-state index in [2.05, 4.69) is 4.90 Å². The minimum absolute atomic E-state index is 0.0494. The van der Waals surface area contributed by atoms with Gasteiger partial charge in [-0.2, -0.15) is 0 Å². The van der Waals surface area contributed by atoms with Gasteiger partial charge in [0.2, 0.25) is 0 Å². The number of nitrogens with zero attached hydrogens (tertiary/aromatic N) is 1. The highest BCUT2D eigenvalue weighted by Crippen LogP contribution is 2.35. The molecule has 0 saturated carbocycles. The fourth-order valence-corrected chi connectivity index (χ4v) is 2.81. The molecule has 1 saturated heterocycles. The highest BCUT2D eigenvalue weighted by atomic mass is 16.5. The summed E-state index contributed by atoms with van der Waals surface area (Å²) in [7, 11) is 3.30. The first-order chi connectivity index (χ1) is 10.5. The van der Waals surface area contributed by atoms with E-state index in [0.29, 0.717) is 12.3 Å². The Morgan fingerprint density at radius 1 is 1.32 bits per heavy atom. The van der Waals surface area contributed by atoms with Gasteiger partial charge in [-0.15, -0.1) is 0 Å². The Hall–Kier alpha value is -1.91. The normalized spacial score (nSPS) is 17.7. The Labute approximate surface area is 132 Å². The highest BCUT2D eigenvalue weighted by molar-refractivity contribution is 5.70. The van der Waals surface area contributed by atoms with Crippen molar-refractivity contribution in [2.75, 3.05) is 32.2 Å². The summed E-state index contributed by atoms with van der Waals surface area (Å²) >= 11 is 0. The minimum Gasteiger partial charge on any atom is -0.497 e. The standard InChI is InChI=1S/C17H25NO4/c1-12(2)22-17(19)9-13-7-8-18(11-13)15-6-5-14(20-3)10-16(15)21-4/h5-6,10,12-13H,7-9,11H2,1-4H3. The van der Waals surface area contributed by atoms with Gasteiger partial charge in [-0.05, 0) is 38.3 Å². The Morgan fingerprint density at radius 2 is 2.09 bits per heavy atom. The van der Waals surface area contributed by atoms with Gasteiger partial charge in [0.05, 0.1) is 32.4 Å². The lowest BCUT2D eigenvalue weighted by atomic mass is 10.1. The van der Waals surface area contributed by atoms with Crippen LogP contribution in [0.2, 0.25) is 0 Å². The van der Waals surface area contributed by atoms with E-state index in [-0.39, 0.29) is 12.1 Å². The predicted molar refractivity (Wildman–Crippen MR) is 85.7 cm³/mol. The number of ether oxygens (including phenoxy) is 3. The molecule has 5 heteroatoms. The lowest BCUT2D eigenvalue weighted by Crippen LogP contribution is -2.22. The predicted octanol–water partition coefficient (Wildman–Crippen LogP) is 2.87. The molecule has 1 heterocycles. The number of benzene rings is 1. The van der Waals surface area contributed by atoms with Gasteiger partial charge in [-0.3, -0.25) is 4.79 Å². The van der Waals surface area contributed by atoms with Gasteiger partial charge in [0.1, 0.15) is 11.5 Å². The van der Waals surface area contributed by atoms with Gasteiger partial charge in [-0.1, -0.05) is 0 Å². The van der Waals surface area contributed by atoms with Crippen LogP contribution in [0.3, 0.4) is 0 Å². The van der Waals surface area contributed by atoms with Crippen molar-refractivity contribution in [3.8, 4) is 11.5 Å². The number of carbonyl (C=O) groups excluding carboxylic acids is 1. The van der Waals surface area contributed by atoms with Crippen molar-refractivity contribution in [1.82, 2.24) is 0 Å². The number of rotatable bonds is 6. The summed E-state index contributed by atoms with van der Waals surface area (Å²) < 4.78 is 15.9. The number of methoxy groups -OCH3 is 2. The minimum atomic E-state index is -0.108. The summed E-state index contributed by atoms with van der Waals surface area (Å²) in [4.78, 5) is 14.0. The molecule has 22 heavy (non-hydrogen) atoms. The fraction of sp³-hybridized carbons (Fsp3) is 0.588. The SMILES string of the molecule is COc1ccc(N2CCC(CC(=O)OC(C)C)C2)c(OC)c1. The van der Waals surface area contributed by atoms with Crippen molar-refractivity contribution >= 4 is 11.7 Å². The van der Waals surface area contributed by atoms with Crippen LogP contribution in [-0.4, -0.2) is 39.4 Å². The van der Waals surface area contributed by atoms with Crippen molar-refractivity contribution in [3.63, 3.8) is 0 Å². The molecule has 1 fully saturated rings. The van der Waals surface area contributed by atoms with Crippen LogP contribution in [-0.2, 0) is 9.53 Å². The van der Waals surface area contributed by atoms with Gasteiger partial charge >= 0.3 is 5.97 Å². The van der Waals surface area contributed by atoms with Crippen molar-refractivity contribution in [1.29, 1.82) is 0 Å². The smallest absolute Gasteiger partial charge is 0.306 e. The van der Waals surface area contributed by atoms with Gasteiger partial charge in [-0.25, -0.2) is 0 Å². The van der Waals surface area contributed by atoms with Crippen molar-refractivity contribution < 1.29 is 19.0 Å². The topological polar surface area (TPSA) is 48.0 Å². The van der Waals surface area contributed by atoms with Crippen molar-refractivity contribution in [3.05, 3.63) is 18.2 Å². The summed E-state index contributed by atoms with van der Waals surface area (Å²) in [5.41, 5.74) is 1.04. The lowest BCUT2D eigenvalue weighted by molar-refractivity contribution is -0.148. The molecule has 1 aromatic rings. The monoisotopic (exact) mass is 307 g/mol. The van der Waals surface area contributed by atoms with Crippen molar-refractivity contribution in [2.45, 2.75) is 32.8 Å². The van der Waals surface area contributed by atoms with Crippen LogP contribution in [0, 0.1) is 5.92 Å². The molecule has 1 aromatic carbocycles. The van der Waals surface area contributed by atoms with Crippen LogP contribution in [0.5, 0.6) is 11.5 Å². The van der Waals surface area contributed by atoms with Crippen LogP contribution >= 0.6 is 0 Å². The van der Waals surface area contributed by atoms with Gasteiger partial charge in [0.25, 0.3) is 0 Å². The molecule has 0 aliphatic carbocycles. The number of carbonyl (C=O) groups is 1. The van der Waals surface area contributed by atoms with E-state index in [4.69, 9.17) is 14.2 Å². The molecular weight excluding hydrogens is 282 g/mol. The zero-order valence-corrected chi connectivity index (χ0v) is 13.8. The van der Waals surface area contributed by atoms with Crippen LogP contribution in [0.1, 0.15) is 26.7 Å². The molecule has 0 bridgehead atoms. The molecule has 5 nitrogen and oxygen atoms in total. The molecule has 2 rings (SSSR count). The first-order valence-electron chi connectivity index (χ1n) is 7.70. The third kappa shape index (κ3) is 4.06. The largest absolute Gasteiger partial charge is 0.497 e. The van der Waals surface area contributed by atoms with Gasteiger partial charge < -0.3 is 19.1 Å². The Morgan fingerprint density at radius 3 is 2.73 bits per heavy atom. The number of anilines is 1. The number of hydrogen-bond acceptors (Lipinski definition) is 5. The lowest BCUT2D eigenvalue weighted by Gasteiger charge is -2.21. The van der Waals surface area contributed by atoms with E-state index in [9.17, 15) is 4.79 Å². The first kappa shape index (κ1) is 16.5. The van der Waals surface area contributed by atoms with Gasteiger partial charge in [0.15, 0.2) is 0 Å². The maximum Gasteiger partial charge on any atom is 0.306 e. The summed E-state index contributed by atoms with van der Waals surface area (Å²) in [6.45, 7) is 5.51. The summed E-state index contributed by atoms with van der Waals surface area (Å²) in [6, 6.07) is 5.82. The molecule has 1 aliphatic heterocycles. The highest BCUT2D eigenvalue weighted by Gasteiger charge is 2.27. The molecular formula is C17H25NO4. The molecule has 1 unspecified atom stereocenters. The molecule has 0 spiro atoms. The van der Waals surface area contributed by atoms with Crippen LogP contribution < -0.4 is 14.4 Å². The van der Waals surface area contributed by atoms with E-state index in [1.807, 2.05) is 32.0 Å². The second-order valence-electron chi connectivity index (χ2n) is 5.88. The Kier molecular flexibility index (Phi) is 5.52. The average Bonchev–Trinajstić information content (AvgIpc) is 2.93. The average molecular weight is 307 g/mol. The maximum atomic E-state index is 11.8. The molecule has 0 amide bonds. The van der Waals surface area contributed by atoms with Crippen molar-refractivity contribution in [2.24, 2.45) is 5.92 Å². The molecule has 0 N–H and O–H groups in total. The Bertz CT molecular complexity index is 515. The zero-order valence-electron chi connectivity index (χ0n) is 13.8. The zero-order chi connectivity index (χ0) is 16.1. The molecule has 122 valence electrons. The van der Waals surface area contributed by atoms with E-state index in [1.165, 1.54) is 0 Å². The maximum absolute atomic E-state index is 11.8. The van der Waals surface area contributed by atoms with E-state index in [0.717, 1.165) is 36.7 Å². The van der Waals surface area contributed by atoms with E-state index < -0.39 is 0 Å². The van der Waals surface area contributed by atoms with Crippen LogP contribution in [0.15, 0.2) is 18.2 Å². The summed E-state index contributed by atoms with van der Waals surface area (Å²) in [6.07, 6.45) is 1.42. The first-order valence-corrected chi connectivity index (χ1v) is 7.70. The summed E-state index contributed by atoms with van der Waals surface area (Å²) in [5.74, 6) is 1.79. The van der Waals surface area contributed by atoms with E-state index in [1.54, 1.807) is 14.2 Å². The Balaban J connectivity index is 1.99. The molecule has 0 aromatic heterocycles. The third-order valence-electron chi connectivity index (χ3n) is 3.84.